The number of nitrogens with zero attached hydrogens (tertiary/aromatic N) is 5. The second-order valence-corrected chi connectivity index (χ2v) is 7.76. The highest BCUT2D eigenvalue weighted by Crippen LogP contribution is 2.39. The smallest absolute Gasteiger partial charge is 0.434 e. The third-order valence-corrected chi connectivity index (χ3v) is 5.45. The molecule has 2 aromatic heterocycles. The van der Waals surface area contributed by atoms with Crippen LogP contribution in [0.1, 0.15) is 28.2 Å². The zero-order chi connectivity index (χ0) is 25.5. The summed E-state index contributed by atoms with van der Waals surface area (Å²) in [5.74, 6) is -4.07. The number of hydrogen-bond donors (Lipinski definition) is 1. The number of amides is 1. The van der Waals surface area contributed by atoms with Crippen molar-refractivity contribution in [1.29, 1.82) is 5.26 Å². The fraction of sp³-hybridized carbons (Fsp3) is 0.273. The van der Waals surface area contributed by atoms with Crippen molar-refractivity contribution in [3.63, 3.8) is 0 Å². The van der Waals surface area contributed by atoms with E-state index in [0.717, 1.165) is 36.4 Å². The Morgan fingerprint density at radius 1 is 1.26 bits per heavy atom. The maximum Gasteiger partial charge on any atom is 0.434 e. The van der Waals surface area contributed by atoms with Gasteiger partial charge in [-0.3, -0.25) is 9.36 Å². The molecule has 0 aliphatic carbocycles. The summed E-state index contributed by atoms with van der Waals surface area (Å²) in [6.07, 6.45) is -3.82. The lowest BCUT2D eigenvalue weighted by molar-refractivity contribution is -0.142. The Kier molecular flexibility index (Phi) is 6.16. The summed E-state index contributed by atoms with van der Waals surface area (Å²) in [5.41, 5.74) is 2.40. The van der Waals surface area contributed by atoms with Crippen molar-refractivity contribution < 1.29 is 31.5 Å². The molecule has 3 heterocycles. The molecular formula is C22H17F5N6O2. The number of nitrogens with two attached hydrogens (primary N) is 1. The highest BCUT2D eigenvalue weighted by Gasteiger charge is 2.44. The molecule has 1 amide bonds. The maximum absolute atomic E-state index is 14.4. The molecule has 3 aromatic rings. The summed E-state index contributed by atoms with van der Waals surface area (Å²) < 4.78 is 77.1. The van der Waals surface area contributed by atoms with Crippen LogP contribution in [0.4, 0.5) is 22.0 Å². The first-order valence-electron chi connectivity index (χ1n) is 10.2. The Bertz CT molecular complexity index is 1350. The van der Waals surface area contributed by atoms with Gasteiger partial charge in [-0.2, -0.15) is 18.4 Å². The summed E-state index contributed by atoms with van der Waals surface area (Å²) in [6.45, 7) is 0.159. The highest BCUT2D eigenvalue weighted by molar-refractivity contribution is 5.95. The van der Waals surface area contributed by atoms with Gasteiger partial charge >= 0.3 is 6.18 Å². The van der Waals surface area contributed by atoms with Gasteiger partial charge in [-0.15, -0.1) is 0 Å². The molecule has 0 bridgehead atoms. The van der Waals surface area contributed by atoms with Gasteiger partial charge in [0.05, 0.1) is 24.6 Å². The fourth-order valence-electron chi connectivity index (χ4n) is 3.83. The van der Waals surface area contributed by atoms with Crippen LogP contribution in [0.2, 0.25) is 0 Å². The molecule has 2 N–H and O–H groups in total. The Morgan fingerprint density at radius 3 is 2.54 bits per heavy atom. The minimum Gasteiger partial charge on any atom is -0.479 e. The standard InChI is InChI=1S/C22H17F5N6O2/c1-35-20-16(24)7-14(9-30-20)33-18(22(25,26)27)17(21(34)32-5-4-13(29)10-32)31-19(33)11-2-3-12(8-28)15(23)6-11/h2-3,6-7,9,13H,4-5,10,29H2,1H3/t13-/m1/s1. The molecule has 1 aliphatic heterocycles. The predicted octanol–water partition coefficient (Wildman–Crippen LogP) is 3.28. The molecule has 35 heavy (non-hydrogen) atoms. The summed E-state index contributed by atoms with van der Waals surface area (Å²) in [4.78, 5) is 21.8. The normalized spacial score (nSPS) is 15.8. The van der Waals surface area contributed by atoms with Crippen molar-refractivity contribution in [2.75, 3.05) is 20.2 Å². The largest absolute Gasteiger partial charge is 0.479 e. The van der Waals surface area contributed by atoms with E-state index in [1.807, 2.05) is 0 Å². The van der Waals surface area contributed by atoms with E-state index < -0.39 is 58.5 Å². The number of nitriles is 1. The van der Waals surface area contributed by atoms with E-state index >= 15 is 0 Å². The number of halogens is 5. The number of hydrogen-bond acceptors (Lipinski definition) is 6. The number of carbonyl (C=O) groups excluding carboxylic acids is 1. The number of methoxy groups -OCH3 is 1. The van der Waals surface area contributed by atoms with E-state index in [1.54, 1.807) is 6.07 Å². The summed E-state index contributed by atoms with van der Waals surface area (Å²) in [7, 11) is 1.13. The van der Waals surface area contributed by atoms with Crippen LogP contribution in [0.3, 0.4) is 0 Å². The molecule has 0 radical (unpaired) electrons. The van der Waals surface area contributed by atoms with Crippen molar-refractivity contribution in [1.82, 2.24) is 19.4 Å². The first-order chi connectivity index (χ1) is 16.5. The number of alkyl halides is 3. The lowest BCUT2D eigenvalue weighted by Crippen LogP contribution is -2.33. The zero-order valence-corrected chi connectivity index (χ0v) is 18.1. The number of imidazole rings is 1. The zero-order valence-electron chi connectivity index (χ0n) is 18.1. The molecule has 1 aliphatic rings. The Labute approximate surface area is 195 Å². The number of pyridine rings is 1. The quantitative estimate of drug-likeness (QED) is 0.560. The Balaban J connectivity index is 2.02. The number of rotatable bonds is 4. The average molecular weight is 492 g/mol. The molecule has 1 atom stereocenters. The van der Waals surface area contributed by atoms with Gasteiger partial charge in [-0.25, -0.2) is 18.7 Å². The third kappa shape index (κ3) is 4.40. The van der Waals surface area contributed by atoms with Crippen LogP contribution in [0.15, 0.2) is 30.5 Å². The Morgan fingerprint density at radius 2 is 2.00 bits per heavy atom. The predicted molar refractivity (Wildman–Crippen MR) is 111 cm³/mol. The van der Waals surface area contributed by atoms with Gasteiger partial charge in [0, 0.05) is 30.8 Å². The van der Waals surface area contributed by atoms with Crippen LogP contribution in [0.25, 0.3) is 17.1 Å². The molecule has 182 valence electrons. The molecule has 1 fully saturated rings. The molecular weight excluding hydrogens is 475 g/mol. The minimum absolute atomic E-state index is 0.0303. The monoisotopic (exact) mass is 492 g/mol. The number of ether oxygens (including phenoxy) is 1. The summed E-state index contributed by atoms with van der Waals surface area (Å²) in [5, 5.41) is 8.98. The van der Waals surface area contributed by atoms with Gasteiger partial charge in [0.15, 0.2) is 17.2 Å². The van der Waals surface area contributed by atoms with E-state index in [4.69, 9.17) is 15.7 Å². The summed E-state index contributed by atoms with van der Waals surface area (Å²) >= 11 is 0. The van der Waals surface area contributed by atoms with Crippen LogP contribution in [-0.4, -0.2) is 51.6 Å². The van der Waals surface area contributed by atoms with Gasteiger partial charge < -0.3 is 15.4 Å². The van der Waals surface area contributed by atoms with Gasteiger partial charge in [-0.05, 0) is 24.6 Å². The van der Waals surface area contributed by atoms with Crippen molar-refractivity contribution in [2.45, 2.75) is 18.6 Å². The summed E-state index contributed by atoms with van der Waals surface area (Å²) in [6, 6.07) is 4.99. The SMILES string of the molecule is COc1ncc(-n2c(-c3ccc(C#N)c(F)c3)nc(C(=O)N3CC[C@@H](N)C3)c2C(F)(F)F)cc1F. The topological polar surface area (TPSA) is 110 Å². The molecule has 0 spiro atoms. The van der Waals surface area contributed by atoms with Crippen molar-refractivity contribution in [2.24, 2.45) is 5.73 Å². The lowest BCUT2D eigenvalue weighted by Gasteiger charge is -2.18. The number of carbonyl (C=O) groups is 1. The first-order valence-corrected chi connectivity index (χ1v) is 10.2. The maximum atomic E-state index is 14.4. The van der Waals surface area contributed by atoms with Gasteiger partial charge in [0.1, 0.15) is 17.7 Å². The van der Waals surface area contributed by atoms with Crippen LogP contribution < -0.4 is 10.5 Å². The van der Waals surface area contributed by atoms with Gasteiger partial charge in [0.25, 0.3) is 5.91 Å². The fourth-order valence-corrected chi connectivity index (χ4v) is 3.83. The molecule has 4 rings (SSSR count). The van der Waals surface area contributed by atoms with Crippen molar-refractivity contribution >= 4 is 5.91 Å². The van der Waals surface area contributed by atoms with Crippen LogP contribution in [0.5, 0.6) is 5.88 Å². The van der Waals surface area contributed by atoms with Gasteiger partial charge in [0.2, 0.25) is 5.88 Å². The van der Waals surface area contributed by atoms with E-state index in [-0.39, 0.29) is 24.2 Å². The van der Waals surface area contributed by atoms with Gasteiger partial charge in [-0.1, -0.05) is 0 Å². The molecule has 13 heteroatoms. The first kappa shape index (κ1) is 24.1. The van der Waals surface area contributed by atoms with E-state index in [2.05, 4.69) is 9.97 Å². The highest BCUT2D eigenvalue weighted by atomic mass is 19.4. The van der Waals surface area contributed by atoms with E-state index in [9.17, 15) is 26.7 Å². The van der Waals surface area contributed by atoms with Crippen LogP contribution >= 0.6 is 0 Å². The minimum atomic E-state index is -5.13. The molecule has 0 saturated carbocycles. The lowest BCUT2D eigenvalue weighted by atomic mass is 10.1. The van der Waals surface area contributed by atoms with Crippen molar-refractivity contribution in [3.05, 3.63) is 59.0 Å². The third-order valence-electron chi connectivity index (χ3n) is 5.45. The average Bonchev–Trinajstić information content (AvgIpc) is 3.42. The van der Waals surface area contributed by atoms with Crippen LogP contribution in [0, 0.1) is 23.0 Å². The molecule has 1 saturated heterocycles. The van der Waals surface area contributed by atoms with E-state index in [0.29, 0.717) is 11.0 Å². The molecule has 1 aromatic carbocycles. The molecule has 0 unspecified atom stereocenters. The van der Waals surface area contributed by atoms with Crippen LogP contribution in [-0.2, 0) is 6.18 Å². The number of aromatic nitrogens is 3. The molecule has 8 nitrogen and oxygen atoms in total. The second kappa shape index (κ2) is 8.95. The second-order valence-electron chi connectivity index (χ2n) is 7.76. The number of likely N-dealkylation sites (tertiary alicyclic amines) is 1. The van der Waals surface area contributed by atoms with E-state index in [1.165, 1.54) is 6.07 Å². The van der Waals surface area contributed by atoms with Crippen molar-refractivity contribution in [3.8, 4) is 29.0 Å². The Hall–Kier alpha value is -4.05. The number of benzene rings is 1.